The van der Waals surface area contributed by atoms with Gasteiger partial charge in [0.15, 0.2) is 0 Å². The lowest BCUT2D eigenvalue weighted by atomic mass is 9.88. The van der Waals surface area contributed by atoms with Crippen LogP contribution in [-0.4, -0.2) is 20.9 Å². The van der Waals surface area contributed by atoms with E-state index >= 15 is 0 Å². The van der Waals surface area contributed by atoms with E-state index in [1.165, 1.54) is 9.87 Å². The Morgan fingerprint density at radius 1 is 1.04 bits per heavy atom. The van der Waals surface area contributed by atoms with Crippen molar-refractivity contribution in [1.29, 1.82) is 0 Å². The predicted octanol–water partition coefficient (Wildman–Crippen LogP) is 3.54. The Labute approximate surface area is 164 Å². The van der Waals surface area contributed by atoms with E-state index in [1.807, 2.05) is 36.4 Å². The van der Waals surface area contributed by atoms with E-state index in [0.29, 0.717) is 11.1 Å². The number of nitrogens with one attached hydrogen (secondary N) is 1. The van der Waals surface area contributed by atoms with Gasteiger partial charge in [-0.15, -0.1) is 0 Å². The molecule has 1 aliphatic carbocycles. The van der Waals surface area contributed by atoms with E-state index in [0.717, 1.165) is 30.2 Å². The van der Waals surface area contributed by atoms with Crippen molar-refractivity contribution in [3.63, 3.8) is 0 Å². The lowest BCUT2D eigenvalue weighted by Gasteiger charge is -2.27. The highest BCUT2D eigenvalue weighted by atomic mass is 32.2. The molecule has 1 N–H and O–H groups in total. The van der Waals surface area contributed by atoms with Crippen molar-refractivity contribution >= 4 is 32.4 Å². The third kappa shape index (κ3) is 2.59. The van der Waals surface area contributed by atoms with Gasteiger partial charge in [-0.05, 0) is 47.9 Å². The zero-order valence-corrected chi connectivity index (χ0v) is 16.1. The first-order chi connectivity index (χ1) is 13.6. The summed E-state index contributed by atoms with van der Waals surface area (Å²) in [4.78, 5) is 13.1. The molecule has 2 aliphatic rings. The standard InChI is InChI=1S/C22H20N2O3S/c25-21(23-18-11-3-7-15-6-1-2-10-17(15)18)14-24-19-12-4-8-16-9-5-13-20(22(16)19)28(24,26)27/h1-2,4-6,8-10,12-13,18H,3,7,11,14H2,(H,23,25)/t18-/m1/s1. The van der Waals surface area contributed by atoms with E-state index in [1.54, 1.807) is 18.2 Å². The Morgan fingerprint density at radius 3 is 2.68 bits per heavy atom. The average Bonchev–Trinajstić information content (AvgIpc) is 2.92. The molecule has 0 spiro atoms. The molecule has 6 heteroatoms. The van der Waals surface area contributed by atoms with Crippen LogP contribution in [0, 0.1) is 0 Å². The summed E-state index contributed by atoms with van der Waals surface area (Å²) in [6, 6.07) is 18.8. The fraction of sp³-hybridized carbons (Fsp3) is 0.227. The first-order valence-electron chi connectivity index (χ1n) is 9.47. The normalized spacial score (nSPS) is 19.4. The maximum atomic E-state index is 13.0. The first kappa shape index (κ1) is 17.3. The molecule has 142 valence electrons. The quantitative estimate of drug-likeness (QED) is 0.741. The largest absolute Gasteiger partial charge is 0.348 e. The maximum Gasteiger partial charge on any atom is 0.265 e. The van der Waals surface area contributed by atoms with E-state index in [-0.39, 0.29) is 23.4 Å². The van der Waals surface area contributed by atoms with Crippen molar-refractivity contribution in [2.75, 3.05) is 10.8 Å². The van der Waals surface area contributed by atoms with Crippen LogP contribution < -0.4 is 9.62 Å². The molecule has 1 atom stereocenters. The molecule has 0 fully saturated rings. The van der Waals surface area contributed by atoms with Gasteiger partial charge in [0.25, 0.3) is 10.0 Å². The first-order valence-corrected chi connectivity index (χ1v) is 10.9. The topological polar surface area (TPSA) is 66.5 Å². The van der Waals surface area contributed by atoms with Crippen molar-refractivity contribution in [3.8, 4) is 0 Å². The van der Waals surface area contributed by atoms with Crippen LogP contribution in [0.15, 0.2) is 65.6 Å². The highest BCUT2D eigenvalue weighted by Gasteiger charge is 2.37. The van der Waals surface area contributed by atoms with Gasteiger partial charge in [0, 0.05) is 5.39 Å². The molecule has 1 amide bonds. The Hall–Kier alpha value is -2.86. The maximum absolute atomic E-state index is 13.0. The number of sulfonamides is 1. The van der Waals surface area contributed by atoms with Gasteiger partial charge in [0.05, 0.1) is 16.6 Å². The zero-order chi connectivity index (χ0) is 19.3. The van der Waals surface area contributed by atoms with E-state index in [2.05, 4.69) is 11.4 Å². The van der Waals surface area contributed by atoms with Gasteiger partial charge in [-0.25, -0.2) is 8.42 Å². The molecule has 0 unspecified atom stereocenters. The number of benzene rings is 3. The second-order valence-corrected chi connectivity index (χ2v) is 9.18. The number of aryl methyl sites for hydroxylation is 1. The van der Waals surface area contributed by atoms with Crippen LogP contribution in [-0.2, 0) is 21.2 Å². The molecule has 0 radical (unpaired) electrons. The van der Waals surface area contributed by atoms with Crippen LogP contribution in [0.4, 0.5) is 5.69 Å². The lowest BCUT2D eigenvalue weighted by Crippen LogP contribution is -2.41. The summed E-state index contributed by atoms with van der Waals surface area (Å²) in [6.07, 6.45) is 2.89. The summed E-state index contributed by atoms with van der Waals surface area (Å²) in [5.41, 5.74) is 2.97. The smallest absolute Gasteiger partial charge is 0.265 e. The van der Waals surface area contributed by atoms with Gasteiger partial charge in [-0.1, -0.05) is 48.5 Å². The SMILES string of the molecule is O=C(CN1c2cccc3cccc(c23)S1(=O)=O)N[C@@H]1CCCc2ccccc21. The van der Waals surface area contributed by atoms with Crippen LogP contribution in [0.2, 0.25) is 0 Å². The minimum Gasteiger partial charge on any atom is -0.348 e. The third-order valence-electron chi connectivity index (χ3n) is 5.67. The summed E-state index contributed by atoms with van der Waals surface area (Å²) < 4.78 is 27.3. The molecular weight excluding hydrogens is 372 g/mol. The van der Waals surface area contributed by atoms with Gasteiger partial charge < -0.3 is 5.32 Å². The molecule has 0 saturated heterocycles. The van der Waals surface area contributed by atoms with Crippen molar-refractivity contribution in [3.05, 3.63) is 71.8 Å². The van der Waals surface area contributed by atoms with Crippen molar-refractivity contribution in [2.45, 2.75) is 30.2 Å². The number of nitrogens with zero attached hydrogens (tertiary/aromatic N) is 1. The molecule has 1 aliphatic heterocycles. The highest BCUT2D eigenvalue weighted by molar-refractivity contribution is 7.93. The molecular formula is C22H20N2O3S. The summed E-state index contributed by atoms with van der Waals surface area (Å²) in [7, 11) is -3.72. The molecule has 5 rings (SSSR count). The summed E-state index contributed by atoms with van der Waals surface area (Å²) >= 11 is 0. The number of hydrogen-bond acceptors (Lipinski definition) is 3. The summed E-state index contributed by atoms with van der Waals surface area (Å²) in [5.74, 6) is -0.282. The van der Waals surface area contributed by atoms with Gasteiger partial charge in [-0.3, -0.25) is 9.10 Å². The number of rotatable bonds is 3. The van der Waals surface area contributed by atoms with Gasteiger partial charge >= 0.3 is 0 Å². The van der Waals surface area contributed by atoms with Crippen molar-refractivity contribution in [1.82, 2.24) is 5.32 Å². The van der Waals surface area contributed by atoms with E-state index < -0.39 is 10.0 Å². The molecule has 1 heterocycles. The minimum atomic E-state index is -3.72. The van der Waals surface area contributed by atoms with Crippen LogP contribution >= 0.6 is 0 Å². The summed E-state index contributed by atoms with van der Waals surface area (Å²) in [6.45, 7) is -0.213. The molecule has 0 aromatic heterocycles. The predicted molar refractivity (Wildman–Crippen MR) is 109 cm³/mol. The molecule has 3 aromatic carbocycles. The number of fused-ring (bicyclic) bond motifs is 1. The highest BCUT2D eigenvalue weighted by Crippen LogP contribution is 2.41. The van der Waals surface area contributed by atoms with E-state index in [9.17, 15) is 13.2 Å². The second kappa shape index (κ2) is 6.34. The van der Waals surface area contributed by atoms with Crippen molar-refractivity contribution in [2.24, 2.45) is 0 Å². The monoisotopic (exact) mass is 392 g/mol. The van der Waals surface area contributed by atoms with Crippen molar-refractivity contribution < 1.29 is 13.2 Å². The van der Waals surface area contributed by atoms with Gasteiger partial charge in [0.2, 0.25) is 5.91 Å². The Morgan fingerprint density at radius 2 is 1.82 bits per heavy atom. The van der Waals surface area contributed by atoms with Gasteiger partial charge in [-0.2, -0.15) is 0 Å². The Bertz CT molecular complexity index is 1200. The van der Waals surface area contributed by atoms with Crippen LogP contribution in [0.1, 0.15) is 30.0 Å². The number of anilines is 1. The zero-order valence-electron chi connectivity index (χ0n) is 15.3. The van der Waals surface area contributed by atoms with Gasteiger partial charge in [0.1, 0.15) is 6.54 Å². The number of hydrogen-bond donors (Lipinski definition) is 1. The number of carbonyl (C=O) groups excluding carboxylic acids is 1. The molecule has 5 nitrogen and oxygen atoms in total. The molecule has 0 saturated carbocycles. The van der Waals surface area contributed by atoms with Crippen LogP contribution in [0.3, 0.4) is 0 Å². The average molecular weight is 392 g/mol. The molecule has 0 bridgehead atoms. The fourth-order valence-corrected chi connectivity index (χ4v) is 6.07. The number of amides is 1. The van der Waals surface area contributed by atoms with E-state index in [4.69, 9.17) is 0 Å². The second-order valence-electron chi connectivity index (χ2n) is 7.35. The molecule has 28 heavy (non-hydrogen) atoms. The Balaban J connectivity index is 1.43. The third-order valence-corrected chi connectivity index (χ3v) is 7.48. The van der Waals surface area contributed by atoms with Crippen LogP contribution in [0.25, 0.3) is 10.8 Å². The number of carbonyl (C=O) groups is 1. The summed E-state index contributed by atoms with van der Waals surface area (Å²) in [5, 5.41) is 4.61. The minimum absolute atomic E-state index is 0.0686. The molecule has 3 aromatic rings. The lowest BCUT2D eigenvalue weighted by molar-refractivity contribution is -0.120. The fourth-order valence-electron chi connectivity index (χ4n) is 4.40. The Kier molecular flexibility index (Phi) is 3.91. The van der Waals surface area contributed by atoms with Crippen LogP contribution in [0.5, 0.6) is 0 Å².